The highest BCUT2D eigenvalue weighted by atomic mass is 19.4. The lowest BCUT2D eigenvalue weighted by Crippen LogP contribution is -2.50. The Labute approximate surface area is 163 Å². The Morgan fingerprint density at radius 2 is 1.57 bits per heavy atom. The van der Waals surface area contributed by atoms with E-state index in [1.54, 1.807) is 4.90 Å². The number of unbranched alkanes of at least 4 members (excludes halogenated alkanes) is 3. The van der Waals surface area contributed by atoms with Crippen LogP contribution >= 0.6 is 0 Å². The number of carbonyl (C=O) groups is 2. The van der Waals surface area contributed by atoms with Crippen molar-refractivity contribution >= 4 is 12.0 Å². The number of benzene rings is 1. The molecule has 5 nitrogen and oxygen atoms in total. The molecule has 2 rings (SSSR count). The van der Waals surface area contributed by atoms with E-state index in [1.165, 1.54) is 17.0 Å². The summed E-state index contributed by atoms with van der Waals surface area (Å²) in [5.74, 6) is 0.0989. The summed E-state index contributed by atoms with van der Waals surface area (Å²) in [6.45, 7) is 5.37. The second kappa shape index (κ2) is 10.3. The van der Waals surface area contributed by atoms with Crippen LogP contribution in [0.1, 0.15) is 43.2 Å². The fourth-order valence-electron chi connectivity index (χ4n) is 2.95. The number of piperazine rings is 1. The summed E-state index contributed by atoms with van der Waals surface area (Å²) in [6.07, 6.45) is -0.664. The number of nitrogens with zero attached hydrogens (tertiary/aromatic N) is 2. The lowest BCUT2D eigenvalue weighted by Gasteiger charge is -2.34. The van der Waals surface area contributed by atoms with E-state index < -0.39 is 17.8 Å². The van der Waals surface area contributed by atoms with Crippen molar-refractivity contribution in [3.05, 3.63) is 42.3 Å². The minimum atomic E-state index is -4.39. The maximum absolute atomic E-state index is 12.5. The van der Waals surface area contributed by atoms with Gasteiger partial charge >= 0.3 is 12.3 Å². The maximum Gasteiger partial charge on any atom is 0.416 e. The van der Waals surface area contributed by atoms with E-state index in [0.717, 1.165) is 37.8 Å². The third-order valence-electron chi connectivity index (χ3n) is 4.67. The fourth-order valence-corrected chi connectivity index (χ4v) is 2.95. The van der Waals surface area contributed by atoms with Gasteiger partial charge in [-0.25, -0.2) is 4.79 Å². The molecule has 28 heavy (non-hydrogen) atoms. The van der Waals surface area contributed by atoms with Crippen LogP contribution < -0.4 is 0 Å². The van der Waals surface area contributed by atoms with Gasteiger partial charge in [0.1, 0.15) is 6.61 Å². The van der Waals surface area contributed by atoms with E-state index >= 15 is 0 Å². The topological polar surface area (TPSA) is 49.9 Å². The zero-order chi connectivity index (χ0) is 20.6. The van der Waals surface area contributed by atoms with Crippen LogP contribution in [0.15, 0.2) is 24.3 Å². The third-order valence-corrected chi connectivity index (χ3v) is 4.67. The lowest BCUT2D eigenvalue weighted by molar-refractivity contribution is -0.137. The molecule has 0 bridgehead atoms. The van der Waals surface area contributed by atoms with Crippen LogP contribution in [0.5, 0.6) is 0 Å². The van der Waals surface area contributed by atoms with Crippen LogP contribution in [-0.4, -0.2) is 48.0 Å². The smallest absolute Gasteiger partial charge is 0.416 e. The van der Waals surface area contributed by atoms with Gasteiger partial charge in [0, 0.05) is 32.6 Å². The quantitative estimate of drug-likeness (QED) is 0.644. The molecule has 1 aliphatic heterocycles. The van der Waals surface area contributed by atoms with Crippen molar-refractivity contribution in [3.8, 4) is 0 Å². The van der Waals surface area contributed by atoms with Crippen molar-refractivity contribution in [2.24, 2.45) is 0 Å². The molecule has 1 fully saturated rings. The van der Waals surface area contributed by atoms with E-state index in [9.17, 15) is 22.8 Å². The first-order valence-electron chi connectivity index (χ1n) is 9.46. The Balaban J connectivity index is 1.71. The monoisotopic (exact) mass is 399 g/mol. The number of alkyl halides is 3. The van der Waals surface area contributed by atoms with Gasteiger partial charge in [0.15, 0.2) is 0 Å². The van der Waals surface area contributed by atoms with Crippen molar-refractivity contribution in [2.75, 3.05) is 26.2 Å². The molecule has 1 heterocycles. The highest BCUT2D eigenvalue weighted by Gasteiger charge is 2.30. The van der Waals surface area contributed by atoms with E-state index in [-0.39, 0.29) is 12.5 Å². The molecular weight excluding hydrogens is 373 g/mol. The molecule has 0 spiro atoms. The van der Waals surface area contributed by atoms with Gasteiger partial charge in [-0.3, -0.25) is 4.79 Å². The number of carbonyl (C=O) groups excluding carboxylic acids is 2. The molecule has 8 heteroatoms. The van der Waals surface area contributed by atoms with Gasteiger partial charge < -0.3 is 14.5 Å². The molecule has 1 aromatic rings. The van der Waals surface area contributed by atoms with Crippen molar-refractivity contribution in [1.29, 1.82) is 0 Å². The number of hydrogen-bond acceptors (Lipinski definition) is 3. The summed E-state index contributed by atoms with van der Waals surface area (Å²) >= 11 is 0. The number of halogens is 3. The van der Waals surface area contributed by atoms with E-state index in [2.05, 4.69) is 6.92 Å². The van der Waals surface area contributed by atoms with Crippen molar-refractivity contribution < 1.29 is 27.5 Å². The Hall–Kier alpha value is -2.25. The standard InChI is InChI=1S/C20H26F3N2O3/c1-2-3-4-5-6-18(26)24-11-13-25(14-12-24)19(27)28-15-16-7-9-17(10-8-16)20(21,22)23/h7-10H,1-6,11-15H2. The zero-order valence-corrected chi connectivity index (χ0v) is 15.8. The molecular formula is C20H26F3N2O3. The van der Waals surface area contributed by atoms with Gasteiger partial charge in [-0.05, 0) is 24.1 Å². The average molecular weight is 399 g/mol. The average Bonchev–Trinajstić information content (AvgIpc) is 2.69. The molecule has 0 N–H and O–H groups in total. The van der Waals surface area contributed by atoms with Crippen molar-refractivity contribution in [3.63, 3.8) is 0 Å². The summed E-state index contributed by atoms with van der Waals surface area (Å²) in [5, 5.41) is 0. The number of ether oxygens (including phenoxy) is 1. The molecule has 0 aliphatic carbocycles. The highest BCUT2D eigenvalue weighted by molar-refractivity contribution is 5.76. The molecule has 1 radical (unpaired) electrons. The molecule has 2 amide bonds. The SMILES string of the molecule is [CH2]CCCCCC(=O)N1CCN(C(=O)OCc2ccc(C(F)(F)F)cc2)CC1. The predicted octanol–water partition coefficient (Wildman–Crippen LogP) is 4.27. The van der Waals surface area contributed by atoms with Gasteiger partial charge in [0.05, 0.1) is 5.56 Å². The van der Waals surface area contributed by atoms with Crippen LogP contribution in [-0.2, 0) is 22.3 Å². The largest absolute Gasteiger partial charge is 0.445 e. The van der Waals surface area contributed by atoms with Gasteiger partial charge in [0.25, 0.3) is 0 Å². The van der Waals surface area contributed by atoms with Crippen LogP contribution in [0, 0.1) is 6.92 Å². The second-order valence-electron chi connectivity index (χ2n) is 6.78. The first-order valence-corrected chi connectivity index (χ1v) is 9.46. The number of rotatable bonds is 7. The first-order chi connectivity index (χ1) is 13.3. The molecule has 0 aromatic heterocycles. The lowest BCUT2D eigenvalue weighted by atomic mass is 10.1. The van der Waals surface area contributed by atoms with Gasteiger partial charge in [-0.15, -0.1) is 0 Å². The van der Waals surface area contributed by atoms with Crippen molar-refractivity contribution in [1.82, 2.24) is 9.80 Å². The van der Waals surface area contributed by atoms with Crippen LogP contribution in [0.25, 0.3) is 0 Å². The highest BCUT2D eigenvalue weighted by Crippen LogP contribution is 2.29. The van der Waals surface area contributed by atoms with Crippen LogP contribution in [0.2, 0.25) is 0 Å². The number of hydrogen-bond donors (Lipinski definition) is 0. The summed E-state index contributed by atoms with van der Waals surface area (Å²) in [5.41, 5.74) is -0.257. The van der Waals surface area contributed by atoms with E-state index in [0.29, 0.717) is 38.2 Å². The minimum absolute atomic E-state index is 0.0948. The molecule has 1 aromatic carbocycles. The molecule has 0 unspecified atom stereocenters. The van der Waals surface area contributed by atoms with Crippen LogP contribution in [0.3, 0.4) is 0 Å². The van der Waals surface area contributed by atoms with Gasteiger partial charge in [0.2, 0.25) is 5.91 Å². The molecule has 0 saturated carbocycles. The molecule has 1 aliphatic rings. The Bertz CT molecular complexity index is 639. The van der Waals surface area contributed by atoms with E-state index in [4.69, 9.17) is 4.74 Å². The zero-order valence-electron chi connectivity index (χ0n) is 15.8. The minimum Gasteiger partial charge on any atom is -0.445 e. The fraction of sp³-hybridized carbons (Fsp3) is 0.550. The summed E-state index contributed by atoms with van der Waals surface area (Å²) in [6, 6.07) is 4.51. The summed E-state index contributed by atoms with van der Waals surface area (Å²) < 4.78 is 42.8. The Morgan fingerprint density at radius 3 is 2.14 bits per heavy atom. The molecule has 0 atom stereocenters. The Morgan fingerprint density at radius 1 is 0.964 bits per heavy atom. The maximum atomic E-state index is 12.5. The molecule has 155 valence electrons. The van der Waals surface area contributed by atoms with E-state index in [1.807, 2.05) is 0 Å². The first kappa shape index (κ1) is 22.0. The summed E-state index contributed by atoms with van der Waals surface area (Å²) in [7, 11) is 0. The van der Waals surface area contributed by atoms with Gasteiger partial charge in [-0.1, -0.05) is 38.3 Å². The van der Waals surface area contributed by atoms with Crippen LogP contribution in [0.4, 0.5) is 18.0 Å². The van der Waals surface area contributed by atoms with Gasteiger partial charge in [-0.2, -0.15) is 13.2 Å². The summed E-state index contributed by atoms with van der Waals surface area (Å²) in [4.78, 5) is 27.5. The Kier molecular flexibility index (Phi) is 8.14. The molecule has 1 saturated heterocycles. The predicted molar refractivity (Wildman–Crippen MR) is 98.2 cm³/mol. The van der Waals surface area contributed by atoms with Crippen molar-refractivity contribution in [2.45, 2.75) is 44.9 Å². The number of amides is 2. The second-order valence-corrected chi connectivity index (χ2v) is 6.78. The normalized spacial score (nSPS) is 14.9. The third kappa shape index (κ3) is 6.73.